The number of rotatable bonds is 4. The summed E-state index contributed by atoms with van der Waals surface area (Å²) in [5, 5.41) is 0.803. The van der Waals surface area contributed by atoms with Crippen molar-refractivity contribution in [3.05, 3.63) is 0 Å². The van der Waals surface area contributed by atoms with E-state index in [4.69, 9.17) is 0 Å². The molecule has 0 spiro atoms. The lowest BCUT2D eigenvalue weighted by molar-refractivity contribution is 0.0574. The van der Waals surface area contributed by atoms with Crippen LogP contribution >= 0.6 is 0 Å². The molecular formula is C17H37B. The summed E-state index contributed by atoms with van der Waals surface area (Å²) >= 11 is 0. The minimum Gasteiger partial charge on any atom is -0.0671 e. The van der Waals surface area contributed by atoms with Gasteiger partial charge in [-0.2, -0.15) is 0 Å². The van der Waals surface area contributed by atoms with Crippen LogP contribution in [-0.2, 0) is 0 Å². The molecule has 0 aliphatic carbocycles. The molecule has 18 heavy (non-hydrogen) atoms. The normalized spacial score (nSPS) is 19.3. The zero-order valence-corrected chi connectivity index (χ0v) is 15.0. The van der Waals surface area contributed by atoms with Crippen LogP contribution in [-0.4, -0.2) is 7.28 Å². The van der Waals surface area contributed by atoms with Gasteiger partial charge in [0.15, 0.2) is 0 Å². The summed E-state index contributed by atoms with van der Waals surface area (Å²) < 4.78 is 0. The molecule has 0 radical (unpaired) electrons. The molecule has 0 aromatic rings. The van der Waals surface area contributed by atoms with Crippen LogP contribution in [0.3, 0.4) is 0 Å². The molecule has 0 amide bonds. The van der Waals surface area contributed by atoms with Gasteiger partial charge in [-0.1, -0.05) is 93.2 Å². The summed E-state index contributed by atoms with van der Waals surface area (Å²) in [5.74, 6) is 0.706. The second-order valence-electron chi connectivity index (χ2n) is 9.46. The van der Waals surface area contributed by atoms with Crippen molar-refractivity contribution in [1.29, 1.82) is 0 Å². The second kappa shape index (κ2) is 5.21. The minimum atomic E-state index is 0.354. The highest BCUT2D eigenvalue weighted by atomic mass is 14.5. The number of hydrogen-bond acceptors (Lipinski definition) is 0. The third-order valence-corrected chi connectivity index (χ3v) is 5.64. The van der Waals surface area contributed by atoms with Gasteiger partial charge >= 0.3 is 0 Å². The first-order valence-electron chi connectivity index (χ1n) is 7.67. The molecule has 0 aromatic carbocycles. The van der Waals surface area contributed by atoms with E-state index in [0.29, 0.717) is 27.4 Å². The molecule has 0 saturated carbocycles. The maximum atomic E-state index is 2.50. The second-order valence-corrected chi connectivity index (χ2v) is 9.46. The molecule has 0 N–H and O–H groups in total. The predicted molar refractivity (Wildman–Crippen MR) is 87.9 cm³/mol. The Morgan fingerprint density at radius 2 is 1.22 bits per heavy atom. The SMILES string of the molecule is CCC(C)(BC(C)(C)C)C(C)(C)C(C)C(C)(C)C. The molecule has 2 unspecified atom stereocenters. The molecule has 0 fully saturated rings. The first-order valence-corrected chi connectivity index (χ1v) is 7.67. The summed E-state index contributed by atoms with van der Waals surface area (Å²) in [6.07, 6.45) is 1.26. The Morgan fingerprint density at radius 1 is 0.833 bits per heavy atom. The van der Waals surface area contributed by atoms with Crippen molar-refractivity contribution in [2.45, 2.75) is 93.2 Å². The molecule has 0 aromatic heterocycles. The molecule has 0 bridgehead atoms. The molecule has 0 saturated heterocycles. The van der Waals surface area contributed by atoms with Crippen LogP contribution in [0.4, 0.5) is 0 Å². The van der Waals surface area contributed by atoms with Crippen LogP contribution in [0.2, 0.25) is 10.6 Å². The van der Waals surface area contributed by atoms with E-state index >= 15 is 0 Å². The van der Waals surface area contributed by atoms with Gasteiger partial charge in [0.25, 0.3) is 0 Å². The zero-order chi connectivity index (χ0) is 15.0. The fourth-order valence-electron chi connectivity index (χ4n) is 3.58. The Balaban J connectivity index is 5.38. The van der Waals surface area contributed by atoms with E-state index in [-0.39, 0.29) is 0 Å². The van der Waals surface area contributed by atoms with Crippen LogP contribution in [0, 0.1) is 16.7 Å². The van der Waals surface area contributed by atoms with Gasteiger partial charge in [0, 0.05) is 0 Å². The van der Waals surface area contributed by atoms with Crippen LogP contribution in [0.5, 0.6) is 0 Å². The fraction of sp³-hybridized carbons (Fsp3) is 1.00. The van der Waals surface area contributed by atoms with Crippen LogP contribution in [0.15, 0.2) is 0 Å². The monoisotopic (exact) mass is 252 g/mol. The van der Waals surface area contributed by atoms with Crippen LogP contribution in [0.1, 0.15) is 82.6 Å². The van der Waals surface area contributed by atoms with Gasteiger partial charge in [0.1, 0.15) is 7.28 Å². The van der Waals surface area contributed by atoms with Gasteiger partial charge in [0.2, 0.25) is 0 Å². The zero-order valence-electron chi connectivity index (χ0n) is 15.0. The highest BCUT2D eigenvalue weighted by Gasteiger charge is 2.48. The van der Waals surface area contributed by atoms with Crippen LogP contribution < -0.4 is 0 Å². The maximum absolute atomic E-state index is 2.50. The summed E-state index contributed by atoms with van der Waals surface area (Å²) in [6, 6.07) is 0. The first-order chi connectivity index (χ1) is 7.67. The lowest BCUT2D eigenvalue weighted by Gasteiger charge is -2.53. The van der Waals surface area contributed by atoms with Crippen LogP contribution in [0.25, 0.3) is 0 Å². The van der Waals surface area contributed by atoms with Gasteiger partial charge < -0.3 is 0 Å². The standard InChI is InChI=1S/C17H37B/c1-12-17(11,18-15(6,7)8)16(9,10)13(2)14(3,4)5/h13,18H,12H2,1-11H3. The Hall–Kier alpha value is 0.0649. The smallest absolute Gasteiger partial charge is 0.0671 e. The Bertz CT molecular complexity index is 262. The molecule has 0 rings (SSSR count). The average Bonchev–Trinajstić information content (AvgIpc) is 2.12. The van der Waals surface area contributed by atoms with Gasteiger partial charge in [0.05, 0.1) is 0 Å². The van der Waals surface area contributed by atoms with E-state index in [1.165, 1.54) is 13.7 Å². The summed E-state index contributed by atoms with van der Waals surface area (Å²) in [5.41, 5.74) is 0.727. The Labute approximate surface area is 118 Å². The fourth-order valence-corrected chi connectivity index (χ4v) is 3.58. The lowest BCUT2D eigenvalue weighted by atomic mass is 9.32. The minimum absolute atomic E-state index is 0.354. The highest BCUT2D eigenvalue weighted by Crippen LogP contribution is 2.58. The first kappa shape index (κ1) is 18.1. The van der Waals surface area contributed by atoms with E-state index in [1.807, 2.05) is 0 Å². The summed E-state index contributed by atoms with van der Waals surface area (Å²) in [7, 11) is 1.30. The quantitative estimate of drug-likeness (QED) is 0.543. The molecule has 0 nitrogen and oxygen atoms in total. The molecule has 0 aliphatic heterocycles. The Morgan fingerprint density at radius 3 is 1.44 bits per heavy atom. The van der Waals surface area contributed by atoms with Crippen molar-refractivity contribution in [3.8, 4) is 0 Å². The third-order valence-electron chi connectivity index (χ3n) is 5.64. The van der Waals surface area contributed by atoms with E-state index < -0.39 is 0 Å². The highest BCUT2D eigenvalue weighted by molar-refractivity contribution is 6.44. The summed E-state index contributed by atoms with van der Waals surface area (Å²) in [4.78, 5) is 0. The van der Waals surface area contributed by atoms with E-state index in [9.17, 15) is 0 Å². The maximum Gasteiger partial charge on any atom is 0.134 e. The van der Waals surface area contributed by atoms with Crippen molar-refractivity contribution in [3.63, 3.8) is 0 Å². The average molecular weight is 252 g/mol. The molecule has 0 aliphatic rings. The van der Waals surface area contributed by atoms with Crippen molar-refractivity contribution in [2.75, 3.05) is 0 Å². The van der Waals surface area contributed by atoms with E-state index in [1.54, 1.807) is 0 Å². The molecule has 2 atom stereocenters. The van der Waals surface area contributed by atoms with E-state index in [2.05, 4.69) is 76.2 Å². The summed E-state index contributed by atoms with van der Waals surface area (Å²) in [6.45, 7) is 26.5. The Kier molecular flexibility index (Phi) is 5.23. The van der Waals surface area contributed by atoms with Crippen molar-refractivity contribution in [2.24, 2.45) is 16.7 Å². The van der Waals surface area contributed by atoms with Crippen molar-refractivity contribution < 1.29 is 0 Å². The van der Waals surface area contributed by atoms with Crippen molar-refractivity contribution in [1.82, 2.24) is 0 Å². The van der Waals surface area contributed by atoms with Gasteiger partial charge in [-0.05, 0) is 16.7 Å². The lowest BCUT2D eigenvalue weighted by Crippen LogP contribution is -2.45. The topological polar surface area (TPSA) is 0 Å². The predicted octanol–water partition coefficient (Wildman–Crippen LogP) is 5.94. The van der Waals surface area contributed by atoms with Crippen molar-refractivity contribution >= 4 is 7.28 Å². The van der Waals surface area contributed by atoms with Gasteiger partial charge in [-0.15, -0.1) is 0 Å². The largest absolute Gasteiger partial charge is 0.134 e. The third kappa shape index (κ3) is 4.03. The molecular weight excluding hydrogens is 215 g/mol. The van der Waals surface area contributed by atoms with E-state index in [0.717, 1.165) is 0 Å². The van der Waals surface area contributed by atoms with Gasteiger partial charge in [-0.3, -0.25) is 0 Å². The molecule has 108 valence electrons. The van der Waals surface area contributed by atoms with Gasteiger partial charge in [-0.25, -0.2) is 0 Å². The number of hydrogen-bond donors (Lipinski definition) is 0. The molecule has 0 heterocycles. The molecule has 1 heteroatoms.